The lowest BCUT2D eigenvalue weighted by molar-refractivity contribution is 0.0696. The Morgan fingerprint density at radius 3 is 1.64 bits per heavy atom. The number of amides is 1. The number of benzene rings is 5. The molecule has 4 heterocycles. The van der Waals surface area contributed by atoms with E-state index in [1.807, 2.05) is 37.3 Å². The topological polar surface area (TPSA) is 214 Å². The Labute approximate surface area is 422 Å². The second kappa shape index (κ2) is 22.4. The highest BCUT2D eigenvalue weighted by Gasteiger charge is 2.24. The molecule has 4 aromatic heterocycles. The number of anilines is 1. The number of carbonyl (C=O) groups is 2. The first-order valence-corrected chi connectivity index (χ1v) is 23.9. The average molecular weight is 1030 g/mol. The summed E-state index contributed by atoms with van der Waals surface area (Å²) >= 11 is 1.19. The van der Waals surface area contributed by atoms with Gasteiger partial charge >= 0.3 is 5.97 Å². The Morgan fingerprint density at radius 2 is 1.12 bits per heavy atom. The highest BCUT2D eigenvalue weighted by Crippen LogP contribution is 2.34. The minimum Gasteiger partial charge on any atom is -0.478 e. The number of aryl methyl sites for hydroxylation is 2. The number of aromatic carboxylic acids is 1. The van der Waals surface area contributed by atoms with Crippen molar-refractivity contribution < 1.29 is 42.5 Å². The molecule has 1 amide bonds. The van der Waals surface area contributed by atoms with Crippen molar-refractivity contribution in [3.8, 4) is 33.9 Å². The first-order chi connectivity index (χ1) is 35.6. The van der Waals surface area contributed by atoms with Crippen LogP contribution in [-0.4, -0.2) is 88.3 Å². The smallest absolute Gasteiger partial charge is 0.335 e. The van der Waals surface area contributed by atoms with Crippen molar-refractivity contribution in [3.05, 3.63) is 199 Å². The van der Waals surface area contributed by atoms with E-state index in [1.54, 1.807) is 37.4 Å². The summed E-state index contributed by atoms with van der Waals surface area (Å²) in [6.45, 7) is 3.09. The van der Waals surface area contributed by atoms with Gasteiger partial charge in [0.15, 0.2) is 16.5 Å². The fourth-order valence-corrected chi connectivity index (χ4v) is 8.40. The number of hydrogen-bond donors (Lipinski definition) is 5. The van der Waals surface area contributed by atoms with Gasteiger partial charge in [0.1, 0.15) is 34.6 Å². The molecule has 0 bridgehead atoms. The standard InChI is InChI=1S/C32H29F2N5O4.C22H15F2N3O3S/c1-19-10-11-21(31(43)35-15-14-20-6-3-2-4-7-20)16-24(19)28-23-12-13-27(42)39(29-25(33)8-5-9-26(29)34)30(23)38-32(37-28)36-22(17-40)18-41;1-11-6-7-12(21(29)30)10-14(11)18-13-8-9-17(28)27(20(13)26-22(25-18)31-2)19-15(23)4-3-5-16(19)24/h2-13,16,22,40-41H,14-15,17-18H2,1H3,(H,35,43)(H,36,37,38);3-10H,1-2H3,(H,29,30). The summed E-state index contributed by atoms with van der Waals surface area (Å²) in [6.07, 6.45) is 2.37. The van der Waals surface area contributed by atoms with Crippen molar-refractivity contribution in [1.29, 1.82) is 0 Å². The van der Waals surface area contributed by atoms with E-state index >= 15 is 0 Å². The number of aliphatic hydroxyl groups is 2. The normalized spacial score (nSPS) is 11.2. The Bertz CT molecular complexity index is 3700. The second-order valence-corrected chi connectivity index (χ2v) is 17.4. The largest absolute Gasteiger partial charge is 0.478 e. The summed E-state index contributed by atoms with van der Waals surface area (Å²) in [4.78, 5) is 68.2. The summed E-state index contributed by atoms with van der Waals surface area (Å²) in [6, 6.07) is 30.4. The van der Waals surface area contributed by atoms with Crippen molar-refractivity contribution in [3.63, 3.8) is 0 Å². The first kappa shape index (κ1) is 51.8. The fraction of sp³-hybridized carbons (Fsp3) is 0.148. The number of pyridine rings is 2. The number of nitrogens with one attached hydrogen (secondary N) is 2. The van der Waals surface area contributed by atoms with E-state index in [4.69, 9.17) is 0 Å². The summed E-state index contributed by atoms with van der Waals surface area (Å²) in [5.41, 5.74) is 1.97. The third-order valence-corrected chi connectivity index (χ3v) is 12.3. The maximum absolute atomic E-state index is 14.9. The molecule has 0 aliphatic heterocycles. The van der Waals surface area contributed by atoms with Crippen LogP contribution in [0.3, 0.4) is 0 Å². The van der Waals surface area contributed by atoms with Gasteiger partial charge in [-0.05, 0) is 104 Å². The molecule has 0 atom stereocenters. The zero-order valence-corrected chi connectivity index (χ0v) is 40.4. The zero-order valence-electron chi connectivity index (χ0n) is 39.6. The monoisotopic (exact) mass is 1020 g/mol. The van der Waals surface area contributed by atoms with Gasteiger partial charge in [-0.15, -0.1) is 0 Å². The van der Waals surface area contributed by atoms with Crippen molar-refractivity contribution in [2.45, 2.75) is 31.5 Å². The van der Waals surface area contributed by atoms with Crippen LogP contribution in [0.15, 0.2) is 142 Å². The quantitative estimate of drug-likeness (QED) is 0.0395. The van der Waals surface area contributed by atoms with E-state index in [1.165, 1.54) is 54.2 Å². The highest BCUT2D eigenvalue weighted by molar-refractivity contribution is 7.98. The van der Waals surface area contributed by atoms with Crippen LogP contribution in [0.2, 0.25) is 0 Å². The van der Waals surface area contributed by atoms with Crippen LogP contribution in [-0.2, 0) is 6.42 Å². The second-order valence-electron chi connectivity index (χ2n) is 16.6. The zero-order chi connectivity index (χ0) is 52.8. The number of para-hydroxylation sites is 2. The van der Waals surface area contributed by atoms with Crippen molar-refractivity contribution in [1.82, 2.24) is 34.4 Å². The number of fused-ring (bicyclic) bond motifs is 2. The van der Waals surface area contributed by atoms with Crippen LogP contribution in [0.1, 0.15) is 37.4 Å². The minimum absolute atomic E-state index is 0.0194. The number of aromatic nitrogens is 6. The summed E-state index contributed by atoms with van der Waals surface area (Å²) < 4.78 is 60.6. The van der Waals surface area contributed by atoms with Gasteiger partial charge in [0, 0.05) is 46.1 Å². The molecule has 5 N–H and O–H groups in total. The van der Waals surface area contributed by atoms with Crippen LogP contribution in [0.25, 0.3) is 56.0 Å². The van der Waals surface area contributed by atoms with E-state index in [0.717, 1.165) is 56.2 Å². The molecule has 9 rings (SSSR count). The third kappa shape index (κ3) is 10.8. The maximum atomic E-state index is 14.9. The summed E-state index contributed by atoms with van der Waals surface area (Å²) in [5, 5.41) is 35.3. The van der Waals surface area contributed by atoms with Gasteiger partial charge < -0.3 is 26.0 Å². The lowest BCUT2D eigenvalue weighted by atomic mass is 9.99. The van der Waals surface area contributed by atoms with Gasteiger partial charge in [0.05, 0.1) is 36.2 Å². The number of carboxylic acids is 1. The Hall–Kier alpha value is -8.59. The predicted octanol–water partition coefficient (Wildman–Crippen LogP) is 8.23. The van der Waals surface area contributed by atoms with E-state index in [9.17, 15) is 52.1 Å². The average Bonchev–Trinajstić information content (AvgIpc) is 3.39. The van der Waals surface area contributed by atoms with E-state index in [2.05, 4.69) is 30.6 Å². The molecule has 0 unspecified atom stereocenters. The molecule has 5 aromatic carbocycles. The van der Waals surface area contributed by atoms with E-state index in [0.29, 0.717) is 40.7 Å². The van der Waals surface area contributed by atoms with Crippen molar-refractivity contribution in [2.24, 2.45) is 0 Å². The number of halogens is 4. The van der Waals surface area contributed by atoms with Gasteiger partial charge in [-0.25, -0.2) is 37.3 Å². The van der Waals surface area contributed by atoms with E-state index in [-0.39, 0.29) is 44.9 Å². The number of hydrogen-bond acceptors (Lipinski definition) is 12. The van der Waals surface area contributed by atoms with Crippen molar-refractivity contribution in [2.75, 3.05) is 31.3 Å². The van der Waals surface area contributed by atoms with Gasteiger partial charge in [-0.3, -0.25) is 23.5 Å². The minimum atomic E-state index is -1.10. The molecule has 15 nitrogen and oxygen atoms in total. The summed E-state index contributed by atoms with van der Waals surface area (Å²) in [5.74, 6) is -5.29. The van der Waals surface area contributed by atoms with Gasteiger partial charge in [-0.2, -0.15) is 4.98 Å². The molecular formula is C54H44F4N8O7S. The maximum Gasteiger partial charge on any atom is 0.335 e. The number of rotatable bonds is 14. The molecule has 0 saturated carbocycles. The molecule has 0 aliphatic carbocycles. The molecule has 74 heavy (non-hydrogen) atoms. The van der Waals surface area contributed by atoms with Crippen molar-refractivity contribution >= 4 is 51.7 Å². The lowest BCUT2D eigenvalue weighted by Gasteiger charge is -2.18. The Kier molecular flexibility index (Phi) is 15.7. The van der Waals surface area contributed by atoms with Crippen LogP contribution in [0, 0.1) is 37.1 Å². The number of aliphatic hydroxyl groups excluding tert-OH is 2. The van der Waals surface area contributed by atoms with Gasteiger partial charge in [0.2, 0.25) is 5.95 Å². The molecule has 9 aromatic rings. The number of carbonyl (C=O) groups excluding carboxylic acids is 1. The lowest BCUT2D eigenvalue weighted by Crippen LogP contribution is -2.29. The number of thioether (sulfide) groups is 1. The van der Waals surface area contributed by atoms with Gasteiger partial charge in [-0.1, -0.05) is 66.4 Å². The summed E-state index contributed by atoms with van der Waals surface area (Å²) in [7, 11) is 0. The molecule has 20 heteroatoms. The molecule has 0 aliphatic rings. The van der Waals surface area contributed by atoms with Crippen LogP contribution in [0.4, 0.5) is 23.5 Å². The fourth-order valence-electron chi connectivity index (χ4n) is 8.04. The molecular weight excluding hydrogens is 981 g/mol. The molecule has 0 spiro atoms. The number of nitrogens with zero attached hydrogens (tertiary/aromatic N) is 6. The van der Waals surface area contributed by atoms with Crippen LogP contribution in [0.5, 0.6) is 0 Å². The van der Waals surface area contributed by atoms with Crippen LogP contribution < -0.4 is 21.8 Å². The van der Waals surface area contributed by atoms with Gasteiger partial charge in [0.25, 0.3) is 17.0 Å². The Morgan fingerprint density at radius 1 is 0.622 bits per heavy atom. The number of carboxylic acid groups (broad SMARTS) is 1. The van der Waals surface area contributed by atoms with Crippen LogP contribution >= 0.6 is 11.8 Å². The first-order valence-electron chi connectivity index (χ1n) is 22.7. The highest BCUT2D eigenvalue weighted by atomic mass is 32.2. The Balaban J connectivity index is 0.000000208. The molecule has 0 fully saturated rings. The van der Waals surface area contributed by atoms with E-state index < -0.39 is 71.0 Å². The molecule has 0 radical (unpaired) electrons. The molecule has 0 saturated heterocycles. The third-order valence-electron chi connectivity index (χ3n) is 11.8. The molecule has 376 valence electrons. The SMILES string of the molecule is CSc1nc(-c2cc(C(=O)O)ccc2C)c2ccc(=O)n(-c3c(F)cccc3F)c2n1.Cc1ccc(C(=O)NCCc2ccccc2)cc1-c1nc(NC(CO)CO)nc2c1ccc(=O)n2-c1c(F)cccc1F. The predicted molar refractivity (Wildman–Crippen MR) is 273 cm³/mol.